The molecule has 1 unspecified atom stereocenters. The average molecular weight is 169 g/mol. The molecule has 3 heteroatoms. The molecule has 1 rings (SSSR count). The quantitative estimate of drug-likeness (QED) is 0.588. The molecule has 1 heterocycles. The summed E-state index contributed by atoms with van der Waals surface area (Å²) in [5.74, 6) is 0.224. The first-order valence-electron chi connectivity index (χ1n) is 4.53. The van der Waals surface area contributed by atoms with E-state index in [0.717, 1.165) is 32.2 Å². The van der Waals surface area contributed by atoms with E-state index in [1.165, 1.54) is 0 Å². The number of carbonyl (C=O) groups is 2. The largest absolute Gasteiger partial charge is 0.335 e. The molecule has 0 radical (unpaired) electrons. The lowest BCUT2D eigenvalue weighted by Crippen LogP contribution is -2.34. The van der Waals surface area contributed by atoms with Crippen LogP contribution in [0, 0.1) is 0 Å². The molecule has 0 aromatic carbocycles. The van der Waals surface area contributed by atoms with Crippen molar-refractivity contribution in [1.29, 1.82) is 0 Å². The van der Waals surface area contributed by atoms with E-state index in [0.29, 0.717) is 6.42 Å². The number of nitrogens with zero attached hydrogens (tertiary/aromatic N) is 1. The minimum Gasteiger partial charge on any atom is -0.335 e. The second-order valence-corrected chi connectivity index (χ2v) is 3.22. The Kier molecular flexibility index (Phi) is 3.26. The first-order chi connectivity index (χ1) is 5.79. The average Bonchev–Trinajstić information content (AvgIpc) is 2.51. The number of hydrogen-bond acceptors (Lipinski definition) is 2. The van der Waals surface area contributed by atoms with Gasteiger partial charge in [0.2, 0.25) is 6.41 Å². The maximum absolute atomic E-state index is 11.4. The molecule has 68 valence electrons. The SMILES string of the molecule is CCCC(=O)C1CCCN1C=O. The molecule has 1 atom stereocenters. The van der Waals surface area contributed by atoms with Gasteiger partial charge in [0.25, 0.3) is 0 Å². The Bertz CT molecular complexity index is 179. The minimum absolute atomic E-state index is 0.109. The van der Waals surface area contributed by atoms with E-state index >= 15 is 0 Å². The van der Waals surface area contributed by atoms with E-state index in [2.05, 4.69) is 0 Å². The Morgan fingerprint density at radius 3 is 3.00 bits per heavy atom. The molecule has 0 aromatic rings. The van der Waals surface area contributed by atoms with Crippen LogP contribution in [-0.2, 0) is 9.59 Å². The lowest BCUT2D eigenvalue weighted by molar-refractivity contribution is -0.129. The number of Topliss-reactive ketones (excluding diaryl/α,β-unsaturated/α-hetero) is 1. The molecular weight excluding hydrogens is 154 g/mol. The zero-order chi connectivity index (χ0) is 8.97. The molecule has 0 N–H and O–H groups in total. The van der Waals surface area contributed by atoms with E-state index < -0.39 is 0 Å². The fourth-order valence-electron chi connectivity index (χ4n) is 1.67. The van der Waals surface area contributed by atoms with Crippen LogP contribution in [0.25, 0.3) is 0 Å². The van der Waals surface area contributed by atoms with Gasteiger partial charge in [0, 0.05) is 13.0 Å². The van der Waals surface area contributed by atoms with Crippen molar-refractivity contribution in [3.8, 4) is 0 Å². The van der Waals surface area contributed by atoms with Crippen molar-refractivity contribution in [2.24, 2.45) is 0 Å². The number of carbonyl (C=O) groups excluding carboxylic acids is 2. The van der Waals surface area contributed by atoms with Gasteiger partial charge in [-0.3, -0.25) is 9.59 Å². The monoisotopic (exact) mass is 169 g/mol. The lowest BCUT2D eigenvalue weighted by atomic mass is 10.1. The molecular formula is C9H15NO2. The maximum Gasteiger partial charge on any atom is 0.210 e. The maximum atomic E-state index is 11.4. The van der Waals surface area contributed by atoms with Crippen LogP contribution in [0.15, 0.2) is 0 Å². The van der Waals surface area contributed by atoms with E-state index in [4.69, 9.17) is 0 Å². The summed E-state index contributed by atoms with van der Waals surface area (Å²) in [7, 11) is 0. The molecule has 1 fully saturated rings. The number of likely N-dealkylation sites (tertiary alicyclic amines) is 1. The summed E-state index contributed by atoms with van der Waals surface area (Å²) in [6, 6.07) is -0.109. The fraction of sp³-hybridized carbons (Fsp3) is 0.778. The van der Waals surface area contributed by atoms with Crippen molar-refractivity contribution >= 4 is 12.2 Å². The van der Waals surface area contributed by atoms with E-state index in [1.807, 2.05) is 6.92 Å². The minimum atomic E-state index is -0.109. The zero-order valence-electron chi connectivity index (χ0n) is 7.45. The third-order valence-corrected chi connectivity index (χ3v) is 2.30. The molecule has 0 bridgehead atoms. The molecule has 1 amide bonds. The molecule has 1 aliphatic rings. The van der Waals surface area contributed by atoms with Gasteiger partial charge in [0.05, 0.1) is 6.04 Å². The van der Waals surface area contributed by atoms with Gasteiger partial charge in [-0.1, -0.05) is 6.92 Å². The molecule has 3 nitrogen and oxygen atoms in total. The van der Waals surface area contributed by atoms with Crippen LogP contribution in [0.3, 0.4) is 0 Å². The first-order valence-corrected chi connectivity index (χ1v) is 4.53. The van der Waals surface area contributed by atoms with E-state index in [-0.39, 0.29) is 11.8 Å². The van der Waals surface area contributed by atoms with Gasteiger partial charge in [-0.05, 0) is 19.3 Å². The van der Waals surface area contributed by atoms with Crippen molar-refractivity contribution < 1.29 is 9.59 Å². The fourth-order valence-corrected chi connectivity index (χ4v) is 1.67. The summed E-state index contributed by atoms with van der Waals surface area (Å²) in [5.41, 5.74) is 0. The van der Waals surface area contributed by atoms with Gasteiger partial charge in [-0.15, -0.1) is 0 Å². The molecule has 0 spiro atoms. The standard InChI is InChI=1S/C9H15NO2/c1-2-4-9(12)8-5-3-6-10(8)7-11/h7-8H,2-6H2,1H3. The smallest absolute Gasteiger partial charge is 0.210 e. The molecule has 0 aromatic heterocycles. The second-order valence-electron chi connectivity index (χ2n) is 3.22. The van der Waals surface area contributed by atoms with Crippen molar-refractivity contribution in [2.45, 2.75) is 38.6 Å². The summed E-state index contributed by atoms with van der Waals surface area (Å²) < 4.78 is 0. The lowest BCUT2D eigenvalue weighted by Gasteiger charge is -2.17. The predicted octanol–water partition coefficient (Wildman–Crippen LogP) is 0.976. The Morgan fingerprint density at radius 2 is 2.42 bits per heavy atom. The summed E-state index contributed by atoms with van der Waals surface area (Å²) in [4.78, 5) is 23.5. The van der Waals surface area contributed by atoms with Gasteiger partial charge in [0.1, 0.15) is 0 Å². The third-order valence-electron chi connectivity index (χ3n) is 2.30. The highest BCUT2D eigenvalue weighted by atomic mass is 16.1. The van der Waals surface area contributed by atoms with Crippen LogP contribution in [0.4, 0.5) is 0 Å². The molecule has 12 heavy (non-hydrogen) atoms. The van der Waals surface area contributed by atoms with Crippen molar-refractivity contribution in [3.63, 3.8) is 0 Å². The topological polar surface area (TPSA) is 37.4 Å². The Morgan fingerprint density at radius 1 is 1.67 bits per heavy atom. The summed E-state index contributed by atoms with van der Waals surface area (Å²) >= 11 is 0. The van der Waals surface area contributed by atoms with Gasteiger partial charge in [-0.2, -0.15) is 0 Å². The third kappa shape index (κ3) is 1.84. The molecule has 1 aliphatic heterocycles. The molecule has 1 saturated heterocycles. The summed E-state index contributed by atoms with van der Waals surface area (Å²) in [5, 5.41) is 0. The highest BCUT2D eigenvalue weighted by Crippen LogP contribution is 2.17. The Balaban J connectivity index is 2.49. The molecule has 0 aliphatic carbocycles. The van der Waals surface area contributed by atoms with E-state index in [9.17, 15) is 9.59 Å². The normalized spacial score (nSPS) is 22.8. The van der Waals surface area contributed by atoms with Crippen LogP contribution in [0.1, 0.15) is 32.6 Å². The van der Waals surface area contributed by atoms with Crippen LogP contribution in [0.5, 0.6) is 0 Å². The molecule has 0 saturated carbocycles. The first kappa shape index (κ1) is 9.23. The zero-order valence-corrected chi connectivity index (χ0v) is 7.45. The van der Waals surface area contributed by atoms with Crippen LogP contribution < -0.4 is 0 Å². The summed E-state index contributed by atoms with van der Waals surface area (Å²) in [6.45, 7) is 2.74. The number of ketones is 1. The van der Waals surface area contributed by atoms with Gasteiger partial charge >= 0.3 is 0 Å². The highest BCUT2D eigenvalue weighted by Gasteiger charge is 2.28. The van der Waals surface area contributed by atoms with Crippen molar-refractivity contribution in [2.75, 3.05) is 6.54 Å². The van der Waals surface area contributed by atoms with Crippen molar-refractivity contribution in [1.82, 2.24) is 4.90 Å². The number of rotatable bonds is 4. The highest BCUT2D eigenvalue weighted by molar-refractivity contribution is 5.86. The Hall–Kier alpha value is -0.860. The van der Waals surface area contributed by atoms with Crippen LogP contribution in [-0.4, -0.2) is 29.7 Å². The Labute approximate surface area is 72.7 Å². The summed E-state index contributed by atoms with van der Waals surface area (Å²) in [6.07, 6.45) is 4.11. The second kappa shape index (κ2) is 4.24. The van der Waals surface area contributed by atoms with Crippen LogP contribution >= 0.6 is 0 Å². The predicted molar refractivity (Wildman–Crippen MR) is 45.7 cm³/mol. The van der Waals surface area contributed by atoms with Crippen LogP contribution in [0.2, 0.25) is 0 Å². The number of amides is 1. The van der Waals surface area contributed by atoms with E-state index in [1.54, 1.807) is 4.90 Å². The van der Waals surface area contributed by atoms with Gasteiger partial charge in [0.15, 0.2) is 5.78 Å². The van der Waals surface area contributed by atoms with Gasteiger partial charge < -0.3 is 4.90 Å². The van der Waals surface area contributed by atoms with Crippen molar-refractivity contribution in [3.05, 3.63) is 0 Å². The van der Waals surface area contributed by atoms with Gasteiger partial charge in [-0.25, -0.2) is 0 Å². The number of hydrogen-bond donors (Lipinski definition) is 0.